The summed E-state index contributed by atoms with van der Waals surface area (Å²) in [5.41, 5.74) is 0.636. The highest BCUT2D eigenvalue weighted by Crippen LogP contribution is 2.23. The van der Waals surface area contributed by atoms with Gasteiger partial charge in [-0.2, -0.15) is 4.31 Å². The molecule has 0 fully saturated rings. The first-order valence-electron chi connectivity index (χ1n) is 9.83. The fourth-order valence-corrected chi connectivity index (χ4v) is 4.74. The van der Waals surface area contributed by atoms with Crippen LogP contribution in [0.5, 0.6) is 5.75 Å². The minimum Gasteiger partial charge on any atom is -0.494 e. The van der Waals surface area contributed by atoms with Gasteiger partial charge in [0, 0.05) is 23.0 Å². The van der Waals surface area contributed by atoms with Crippen LogP contribution in [0.2, 0.25) is 0 Å². The van der Waals surface area contributed by atoms with E-state index in [1.807, 2.05) is 13.0 Å². The van der Waals surface area contributed by atoms with Gasteiger partial charge in [0.05, 0.1) is 24.3 Å². The van der Waals surface area contributed by atoms with Crippen LogP contribution in [-0.4, -0.2) is 24.3 Å². The quantitative estimate of drug-likeness (QED) is 0.450. The number of benzene rings is 2. The zero-order chi connectivity index (χ0) is 21.8. The Kier molecular flexibility index (Phi) is 5.92. The highest BCUT2D eigenvalue weighted by Gasteiger charge is 2.26. The molecule has 0 aliphatic rings. The van der Waals surface area contributed by atoms with Gasteiger partial charge in [-0.15, -0.1) is 0 Å². The molecule has 0 radical (unpaired) electrons. The molecule has 0 unspecified atom stereocenters. The van der Waals surface area contributed by atoms with Crippen molar-refractivity contribution in [1.82, 2.24) is 9.29 Å². The van der Waals surface area contributed by atoms with Crippen LogP contribution >= 0.6 is 0 Å². The maximum Gasteiger partial charge on any atom is 0.252 e. The lowest BCUT2D eigenvalue weighted by Gasteiger charge is -2.21. The Balaban J connectivity index is 1.75. The zero-order valence-electron chi connectivity index (χ0n) is 16.9. The SMILES string of the molecule is CCOc1ccc2[nH]c(=O)c(CN(Cc3ccco3)S(=O)(=O)c3ccccc3)cc2c1. The number of hydrogen-bond acceptors (Lipinski definition) is 5. The van der Waals surface area contributed by atoms with Gasteiger partial charge in [-0.05, 0) is 55.5 Å². The van der Waals surface area contributed by atoms with E-state index in [0.717, 1.165) is 5.39 Å². The maximum absolute atomic E-state index is 13.3. The first kappa shape index (κ1) is 20.9. The summed E-state index contributed by atoms with van der Waals surface area (Å²) in [6.07, 6.45) is 1.49. The van der Waals surface area contributed by atoms with E-state index in [1.165, 1.54) is 22.7 Å². The number of rotatable bonds is 8. The zero-order valence-corrected chi connectivity index (χ0v) is 17.8. The number of ether oxygens (including phenoxy) is 1. The molecule has 31 heavy (non-hydrogen) atoms. The van der Waals surface area contributed by atoms with E-state index in [-0.39, 0.29) is 23.5 Å². The van der Waals surface area contributed by atoms with Crippen LogP contribution in [0.25, 0.3) is 10.9 Å². The number of pyridine rings is 1. The molecule has 0 spiro atoms. The largest absolute Gasteiger partial charge is 0.494 e. The van der Waals surface area contributed by atoms with Crippen molar-refractivity contribution < 1.29 is 17.6 Å². The Hall–Kier alpha value is -3.36. The molecule has 4 rings (SSSR count). The number of furan rings is 1. The van der Waals surface area contributed by atoms with Gasteiger partial charge in [-0.1, -0.05) is 18.2 Å². The Bertz CT molecular complexity index is 1330. The molecule has 0 aliphatic carbocycles. The van der Waals surface area contributed by atoms with Gasteiger partial charge in [0.25, 0.3) is 5.56 Å². The van der Waals surface area contributed by atoms with Crippen molar-refractivity contribution in [2.45, 2.75) is 24.9 Å². The van der Waals surface area contributed by atoms with E-state index in [2.05, 4.69) is 4.98 Å². The molecule has 160 valence electrons. The highest BCUT2D eigenvalue weighted by atomic mass is 32.2. The summed E-state index contributed by atoms with van der Waals surface area (Å²) >= 11 is 0. The second kappa shape index (κ2) is 8.79. The highest BCUT2D eigenvalue weighted by molar-refractivity contribution is 7.89. The van der Waals surface area contributed by atoms with E-state index in [1.54, 1.807) is 48.5 Å². The molecule has 0 saturated heterocycles. The summed E-state index contributed by atoms with van der Waals surface area (Å²) in [5.74, 6) is 1.16. The van der Waals surface area contributed by atoms with Crippen LogP contribution in [-0.2, 0) is 23.1 Å². The number of hydrogen-bond donors (Lipinski definition) is 1. The van der Waals surface area contributed by atoms with Crippen LogP contribution in [0.3, 0.4) is 0 Å². The molecule has 0 aliphatic heterocycles. The smallest absolute Gasteiger partial charge is 0.252 e. The summed E-state index contributed by atoms with van der Waals surface area (Å²) in [6, 6.07) is 18.6. The number of nitrogens with one attached hydrogen (secondary N) is 1. The number of fused-ring (bicyclic) bond motifs is 1. The Labute approximate surface area is 179 Å². The summed E-state index contributed by atoms with van der Waals surface area (Å²) in [6.45, 7) is 2.31. The molecule has 8 heteroatoms. The molecule has 0 amide bonds. The molecule has 0 saturated carbocycles. The number of nitrogens with zero attached hydrogens (tertiary/aromatic N) is 1. The predicted molar refractivity (Wildman–Crippen MR) is 117 cm³/mol. The fraction of sp³-hybridized carbons (Fsp3) is 0.174. The molecular weight excluding hydrogens is 416 g/mol. The van der Waals surface area contributed by atoms with Crippen molar-refractivity contribution in [3.63, 3.8) is 0 Å². The van der Waals surface area contributed by atoms with Crippen molar-refractivity contribution in [2.24, 2.45) is 0 Å². The van der Waals surface area contributed by atoms with Crippen LogP contribution in [0.4, 0.5) is 0 Å². The second-order valence-electron chi connectivity index (χ2n) is 6.97. The minimum absolute atomic E-state index is 0.000685. The minimum atomic E-state index is -3.87. The van der Waals surface area contributed by atoms with Crippen LogP contribution in [0.15, 0.2) is 87.1 Å². The van der Waals surface area contributed by atoms with Crippen molar-refractivity contribution >= 4 is 20.9 Å². The summed E-state index contributed by atoms with van der Waals surface area (Å²) in [4.78, 5) is 15.7. The van der Waals surface area contributed by atoms with Crippen molar-refractivity contribution in [3.05, 3.63) is 94.7 Å². The molecular formula is C23H22N2O5S. The molecule has 0 bridgehead atoms. The predicted octanol–water partition coefficient (Wildman–Crippen LogP) is 3.91. The Morgan fingerprint density at radius 3 is 2.52 bits per heavy atom. The fourth-order valence-electron chi connectivity index (χ4n) is 3.34. The van der Waals surface area contributed by atoms with Crippen molar-refractivity contribution in [1.29, 1.82) is 0 Å². The summed E-state index contributed by atoms with van der Waals surface area (Å²) in [5, 5.41) is 0.760. The number of aromatic nitrogens is 1. The molecule has 2 heterocycles. The van der Waals surface area contributed by atoms with E-state index in [0.29, 0.717) is 29.2 Å². The van der Waals surface area contributed by atoms with Gasteiger partial charge in [0.1, 0.15) is 11.5 Å². The molecule has 1 N–H and O–H groups in total. The summed E-state index contributed by atoms with van der Waals surface area (Å²) < 4.78 is 38.8. The molecule has 2 aromatic heterocycles. The molecule has 0 atom stereocenters. The van der Waals surface area contributed by atoms with Gasteiger partial charge in [-0.25, -0.2) is 8.42 Å². The first-order valence-corrected chi connectivity index (χ1v) is 11.3. The van der Waals surface area contributed by atoms with Gasteiger partial charge in [0.15, 0.2) is 0 Å². The van der Waals surface area contributed by atoms with Crippen LogP contribution in [0, 0.1) is 0 Å². The number of aromatic amines is 1. The van der Waals surface area contributed by atoms with E-state index in [4.69, 9.17) is 9.15 Å². The average molecular weight is 439 g/mol. The lowest BCUT2D eigenvalue weighted by molar-refractivity contribution is 0.340. The van der Waals surface area contributed by atoms with Gasteiger partial charge >= 0.3 is 0 Å². The molecule has 7 nitrogen and oxygen atoms in total. The third-order valence-electron chi connectivity index (χ3n) is 4.84. The Morgan fingerprint density at radius 1 is 1.00 bits per heavy atom. The first-order chi connectivity index (χ1) is 15.0. The average Bonchev–Trinajstić information content (AvgIpc) is 3.28. The number of sulfonamides is 1. The third-order valence-corrected chi connectivity index (χ3v) is 6.65. The van der Waals surface area contributed by atoms with Gasteiger partial charge in [-0.3, -0.25) is 4.79 Å². The van der Waals surface area contributed by atoms with Gasteiger partial charge in [0.2, 0.25) is 10.0 Å². The van der Waals surface area contributed by atoms with Crippen molar-refractivity contribution in [2.75, 3.05) is 6.61 Å². The lowest BCUT2D eigenvalue weighted by atomic mass is 10.1. The monoisotopic (exact) mass is 438 g/mol. The maximum atomic E-state index is 13.3. The standard InChI is InChI=1S/C23H22N2O5S/c1-2-29-19-10-11-22-17(14-19)13-18(23(26)24-22)15-25(16-20-7-6-12-30-20)31(27,28)21-8-4-3-5-9-21/h3-14H,2,15-16H2,1H3,(H,24,26). The Morgan fingerprint density at radius 2 is 1.81 bits per heavy atom. The topological polar surface area (TPSA) is 92.6 Å². The van der Waals surface area contributed by atoms with Crippen molar-refractivity contribution in [3.8, 4) is 5.75 Å². The molecule has 4 aromatic rings. The van der Waals surface area contributed by atoms with E-state index in [9.17, 15) is 13.2 Å². The van der Waals surface area contributed by atoms with Crippen LogP contribution < -0.4 is 10.3 Å². The molecule has 2 aromatic carbocycles. The lowest BCUT2D eigenvalue weighted by Crippen LogP contribution is -2.32. The van der Waals surface area contributed by atoms with Gasteiger partial charge < -0.3 is 14.1 Å². The third kappa shape index (κ3) is 4.55. The van der Waals surface area contributed by atoms with E-state index < -0.39 is 10.0 Å². The number of H-pyrrole nitrogens is 1. The summed E-state index contributed by atoms with van der Waals surface area (Å²) in [7, 11) is -3.87. The normalized spacial score (nSPS) is 11.8. The second-order valence-corrected chi connectivity index (χ2v) is 8.91. The van der Waals surface area contributed by atoms with E-state index >= 15 is 0 Å². The van der Waals surface area contributed by atoms with Crippen LogP contribution in [0.1, 0.15) is 18.2 Å².